The number of anilines is 1. The van der Waals surface area contributed by atoms with Crippen LogP contribution in [0.1, 0.15) is 23.8 Å². The van der Waals surface area contributed by atoms with Gasteiger partial charge in [-0.15, -0.1) is 11.3 Å². The highest BCUT2D eigenvalue weighted by molar-refractivity contribution is 7.10. The topological polar surface area (TPSA) is 54.2 Å². The first kappa shape index (κ1) is 15.8. The number of thiophene rings is 1. The van der Waals surface area contributed by atoms with Crippen LogP contribution in [0.15, 0.2) is 52.5 Å². The van der Waals surface area contributed by atoms with E-state index in [-0.39, 0.29) is 0 Å². The van der Waals surface area contributed by atoms with E-state index < -0.39 is 0 Å². The molecule has 5 nitrogen and oxygen atoms in total. The van der Waals surface area contributed by atoms with Crippen LogP contribution < -0.4 is 5.32 Å². The van der Waals surface area contributed by atoms with Crippen LogP contribution in [-0.4, -0.2) is 34.5 Å². The van der Waals surface area contributed by atoms with Crippen molar-refractivity contribution in [3.63, 3.8) is 0 Å². The van der Waals surface area contributed by atoms with Crippen LogP contribution in [0.2, 0.25) is 0 Å². The third-order valence-electron chi connectivity index (χ3n) is 5.07. The molecule has 1 fully saturated rings. The molecule has 0 spiro atoms. The molecule has 1 aromatic carbocycles. The van der Waals surface area contributed by atoms with Crippen LogP contribution in [0.5, 0.6) is 0 Å². The lowest BCUT2D eigenvalue weighted by Crippen LogP contribution is -2.30. The van der Waals surface area contributed by atoms with Gasteiger partial charge in [-0.3, -0.25) is 4.90 Å². The Labute approximate surface area is 155 Å². The summed E-state index contributed by atoms with van der Waals surface area (Å²) in [6.07, 6.45) is 4.18. The van der Waals surface area contributed by atoms with Crippen LogP contribution in [0.4, 0.5) is 5.82 Å². The van der Waals surface area contributed by atoms with Crippen LogP contribution in [0.25, 0.3) is 22.1 Å². The van der Waals surface area contributed by atoms with Crippen molar-refractivity contribution in [2.24, 2.45) is 0 Å². The van der Waals surface area contributed by atoms with E-state index in [2.05, 4.69) is 37.7 Å². The lowest BCUT2D eigenvalue weighted by molar-refractivity contribution is 0.259. The average Bonchev–Trinajstić information content (AvgIpc) is 3.43. The van der Waals surface area contributed by atoms with E-state index >= 15 is 0 Å². The van der Waals surface area contributed by atoms with Crippen LogP contribution >= 0.6 is 11.3 Å². The summed E-state index contributed by atoms with van der Waals surface area (Å²) in [6.45, 7) is 3.13. The maximum absolute atomic E-state index is 6.03. The Morgan fingerprint density at radius 1 is 1.12 bits per heavy atom. The third kappa shape index (κ3) is 2.75. The van der Waals surface area contributed by atoms with Gasteiger partial charge in [-0.25, -0.2) is 9.97 Å². The van der Waals surface area contributed by atoms with E-state index in [9.17, 15) is 0 Å². The number of para-hydroxylation sites is 1. The quantitative estimate of drug-likeness (QED) is 0.557. The highest BCUT2D eigenvalue weighted by Gasteiger charge is 2.24. The number of hydrogen-bond donors (Lipinski definition) is 1. The molecule has 0 saturated carbocycles. The van der Waals surface area contributed by atoms with E-state index in [0.29, 0.717) is 6.04 Å². The summed E-state index contributed by atoms with van der Waals surface area (Å²) >= 11 is 1.82. The number of rotatable bonds is 5. The first-order chi connectivity index (χ1) is 12.9. The molecule has 3 aromatic heterocycles. The van der Waals surface area contributed by atoms with E-state index in [0.717, 1.165) is 47.5 Å². The van der Waals surface area contributed by atoms with Gasteiger partial charge in [0.2, 0.25) is 0 Å². The number of fused-ring (bicyclic) bond motifs is 3. The predicted molar refractivity (Wildman–Crippen MR) is 106 cm³/mol. The van der Waals surface area contributed by atoms with Gasteiger partial charge in [-0.1, -0.05) is 18.2 Å². The standard InChI is InChI=1S/C20H20N4OS/c1-2-7-16-14(6-1)18-19(25-16)20(23-13-22-18)21-12-15(17-8-5-11-26-17)24-9-3-4-10-24/h1-2,5-8,11,13,15H,3-4,9-10,12H2,(H,21,22,23)/t15-/m1/s1. The molecule has 26 heavy (non-hydrogen) atoms. The molecular formula is C20H20N4OS. The first-order valence-electron chi connectivity index (χ1n) is 9.04. The Hall–Kier alpha value is -2.44. The number of benzene rings is 1. The molecule has 1 saturated heterocycles. The van der Waals surface area contributed by atoms with Gasteiger partial charge in [0.15, 0.2) is 11.4 Å². The minimum atomic E-state index is 0.367. The van der Waals surface area contributed by atoms with Gasteiger partial charge >= 0.3 is 0 Å². The smallest absolute Gasteiger partial charge is 0.196 e. The molecule has 132 valence electrons. The van der Waals surface area contributed by atoms with Gasteiger partial charge in [0.1, 0.15) is 17.4 Å². The lowest BCUT2D eigenvalue weighted by atomic mass is 10.2. The summed E-state index contributed by atoms with van der Waals surface area (Å²) in [5, 5.41) is 6.72. The molecule has 6 heteroatoms. The van der Waals surface area contributed by atoms with Gasteiger partial charge in [-0.05, 0) is 49.5 Å². The number of furan rings is 1. The third-order valence-corrected chi connectivity index (χ3v) is 6.05. The second-order valence-corrected chi connectivity index (χ2v) is 7.63. The van der Waals surface area contributed by atoms with Crippen molar-refractivity contribution in [1.29, 1.82) is 0 Å². The molecule has 0 bridgehead atoms. The normalized spacial score (nSPS) is 16.5. The molecule has 1 aliphatic heterocycles. The van der Waals surface area contributed by atoms with E-state index in [1.807, 2.05) is 35.6 Å². The van der Waals surface area contributed by atoms with Crippen molar-refractivity contribution in [1.82, 2.24) is 14.9 Å². The zero-order valence-corrected chi connectivity index (χ0v) is 15.2. The molecule has 0 aliphatic carbocycles. The molecule has 0 amide bonds. The van der Waals surface area contributed by atoms with Crippen LogP contribution in [-0.2, 0) is 0 Å². The van der Waals surface area contributed by atoms with Gasteiger partial charge in [0.25, 0.3) is 0 Å². The van der Waals surface area contributed by atoms with Crippen molar-refractivity contribution >= 4 is 39.2 Å². The minimum Gasteiger partial charge on any atom is -0.450 e. The fourth-order valence-corrected chi connectivity index (χ4v) is 4.65. The summed E-state index contributed by atoms with van der Waals surface area (Å²) in [5.74, 6) is 0.770. The largest absolute Gasteiger partial charge is 0.450 e. The highest BCUT2D eigenvalue weighted by atomic mass is 32.1. The van der Waals surface area contributed by atoms with Crippen molar-refractivity contribution in [2.45, 2.75) is 18.9 Å². The SMILES string of the molecule is c1csc([C@@H](CNc2ncnc3c2oc2ccccc23)N2CCCC2)c1. The maximum atomic E-state index is 6.03. The monoisotopic (exact) mass is 364 g/mol. The second kappa shape index (κ2) is 6.70. The average molecular weight is 364 g/mol. The molecule has 0 radical (unpaired) electrons. The molecule has 0 unspecified atom stereocenters. The molecule has 1 N–H and O–H groups in total. The Kier molecular flexibility index (Phi) is 4.07. The van der Waals surface area contributed by atoms with Gasteiger partial charge in [0.05, 0.1) is 6.04 Å². The first-order valence-corrected chi connectivity index (χ1v) is 9.92. The Bertz CT molecular complexity index is 1020. The molecule has 5 rings (SSSR count). The Balaban J connectivity index is 1.46. The number of likely N-dealkylation sites (tertiary alicyclic amines) is 1. The van der Waals surface area contributed by atoms with Crippen molar-refractivity contribution < 1.29 is 4.42 Å². The molecular weight excluding hydrogens is 344 g/mol. The van der Waals surface area contributed by atoms with E-state index in [1.165, 1.54) is 17.7 Å². The van der Waals surface area contributed by atoms with Gasteiger partial charge in [0, 0.05) is 16.8 Å². The van der Waals surface area contributed by atoms with Crippen LogP contribution in [0, 0.1) is 0 Å². The fraction of sp³-hybridized carbons (Fsp3) is 0.300. The summed E-state index contributed by atoms with van der Waals surface area (Å²) in [7, 11) is 0. The summed E-state index contributed by atoms with van der Waals surface area (Å²) < 4.78 is 6.03. The summed E-state index contributed by atoms with van der Waals surface area (Å²) in [5.41, 5.74) is 2.45. The lowest BCUT2D eigenvalue weighted by Gasteiger charge is -2.27. The Morgan fingerprint density at radius 3 is 2.85 bits per heavy atom. The van der Waals surface area contributed by atoms with Gasteiger partial charge in [-0.2, -0.15) is 0 Å². The minimum absolute atomic E-state index is 0.367. The predicted octanol–water partition coefficient (Wildman–Crippen LogP) is 4.69. The molecule has 4 aromatic rings. The highest BCUT2D eigenvalue weighted by Crippen LogP contribution is 2.32. The fourth-order valence-electron chi connectivity index (χ4n) is 3.79. The molecule has 1 aliphatic rings. The maximum Gasteiger partial charge on any atom is 0.196 e. The number of aromatic nitrogens is 2. The molecule has 4 heterocycles. The number of nitrogens with one attached hydrogen (secondary N) is 1. The van der Waals surface area contributed by atoms with Crippen LogP contribution in [0.3, 0.4) is 0 Å². The zero-order chi connectivity index (χ0) is 17.3. The zero-order valence-electron chi connectivity index (χ0n) is 14.4. The number of hydrogen-bond acceptors (Lipinski definition) is 6. The van der Waals surface area contributed by atoms with Crippen molar-refractivity contribution in [2.75, 3.05) is 25.0 Å². The summed E-state index contributed by atoms with van der Waals surface area (Å²) in [6, 6.07) is 12.7. The molecule has 1 atom stereocenters. The van der Waals surface area contributed by atoms with Gasteiger partial charge < -0.3 is 9.73 Å². The number of nitrogens with zero attached hydrogens (tertiary/aromatic N) is 3. The van der Waals surface area contributed by atoms with Crippen molar-refractivity contribution in [3.8, 4) is 0 Å². The Morgan fingerprint density at radius 2 is 2.00 bits per heavy atom. The van der Waals surface area contributed by atoms with E-state index in [4.69, 9.17) is 4.42 Å². The summed E-state index contributed by atoms with van der Waals surface area (Å²) in [4.78, 5) is 12.8. The van der Waals surface area contributed by atoms with Crippen molar-refractivity contribution in [3.05, 3.63) is 53.0 Å². The second-order valence-electron chi connectivity index (χ2n) is 6.65. The van der Waals surface area contributed by atoms with E-state index in [1.54, 1.807) is 6.33 Å².